The summed E-state index contributed by atoms with van der Waals surface area (Å²) in [5.74, 6) is -2.21. The van der Waals surface area contributed by atoms with E-state index in [4.69, 9.17) is 14.6 Å². The van der Waals surface area contributed by atoms with Crippen LogP contribution in [0, 0.1) is 5.92 Å². The average molecular weight is 406 g/mol. The van der Waals surface area contributed by atoms with Crippen molar-refractivity contribution in [2.75, 3.05) is 26.6 Å². The SMILES string of the molecule is CCOC(=O)OCOC(=O)C(CCCCCCCC(=O)O)COC(=O)OCC. The van der Waals surface area contributed by atoms with Gasteiger partial charge in [0.15, 0.2) is 0 Å². The molecule has 0 aromatic heterocycles. The molecule has 162 valence electrons. The highest BCUT2D eigenvalue weighted by molar-refractivity contribution is 5.73. The first-order chi connectivity index (χ1) is 13.4. The maximum Gasteiger partial charge on any atom is 0.511 e. The van der Waals surface area contributed by atoms with Crippen LogP contribution < -0.4 is 0 Å². The van der Waals surface area contributed by atoms with Crippen LogP contribution in [0.25, 0.3) is 0 Å². The lowest BCUT2D eigenvalue weighted by Crippen LogP contribution is -2.26. The van der Waals surface area contributed by atoms with Crippen LogP contribution in [0.4, 0.5) is 9.59 Å². The van der Waals surface area contributed by atoms with Crippen molar-refractivity contribution in [2.24, 2.45) is 5.92 Å². The Bertz CT molecular complexity index is 477. The molecule has 0 heterocycles. The van der Waals surface area contributed by atoms with Crippen LogP contribution in [0.3, 0.4) is 0 Å². The summed E-state index contributed by atoms with van der Waals surface area (Å²) in [6, 6.07) is 0. The number of unbranched alkanes of at least 4 members (excludes halogenated alkanes) is 4. The monoisotopic (exact) mass is 406 g/mol. The predicted molar refractivity (Wildman–Crippen MR) is 95.5 cm³/mol. The molecule has 0 aliphatic rings. The third-order valence-electron chi connectivity index (χ3n) is 3.58. The highest BCUT2D eigenvalue weighted by Crippen LogP contribution is 2.15. The Kier molecular flexibility index (Phi) is 15.1. The molecule has 0 rings (SSSR count). The van der Waals surface area contributed by atoms with Gasteiger partial charge in [-0.15, -0.1) is 0 Å². The molecular formula is C18H30O10. The molecule has 0 aromatic carbocycles. The molecule has 0 saturated carbocycles. The largest absolute Gasteiger partial charge is 0.511 e. The van der Waals surface area contributed by atoms with Gasteiger partial charge in [0.1, 0.15) is 6.61 Å². The molecule has 0 fully saturated rings. The Balaban J connectivity index is 4.28. The van der Waals surface area contributed by atoms with Gasteiger partial charge in [-0.2, -0.15) is 0 Å². The summed E-state index contributed by atoms with van der Waals surface area (Å²) in [6.45, 7) is 2.72. The highest BCUT2D eigenvalue weighted by Gasteiger charge is 2.23. The lowest BCUT2D eigenvalue weighted by atomic mass is 10.0. The topological polar surface area (TPSA) is 135 Å². The normalized spacial score (nSPS) is 11.2. The van der Waals surface area contributed by atoms with Gasteiger partial charge in [-0.1, -0.05) is 25.7 Å². The minimum Gasteiger partial charge on any atom is -0.481 e. The number of aliphatic carboxylic acids is 1. The van der Waals surface area contributed by atoms with E-state index in [2.05, 4.69) is 14.2 Å². The average Bonchev–Trinajstić information content (AvgIpc) is 2.63. The van der Waals surface area contributed by atoms with Gasteiger partial charge in [0.25, 0.3) is 0 Å². The van der Waals surface area contributed by atoms with Crippen molar-refractivity contribution in [3.8, 4) is 0 Å². The zero-order chi connectivity index (χ0) is 21.2. The van der Waals surface area contributed by atoms with E-state index < -0.39 is 37.0 Å². The van der Waals surface area contributed by atoms with Gasteiger partial charge in [-0.3, -0.25) is 9.59 Å². The first-order valence-electron chi connectivity index (χ1n) is 9.38. The summed E-state index contributed by atoms with van der Waals surface area (Å²) in [5.41, 5.74) is 0. The fraction of sp³-hybridized carbons (Fsp3) is 0.778. The van der Waals surface area contributed by atoms with Crippen molar-refractivity contribution in [1.82, 2.24) is 0 Å². The third kappa shape index (κ3) is 14.6. The minimum absolute atomic E-state index is 0.134. The zero-order valence-electron chi connectivity index (χ0n) is 16.5. The Morgan fingerprint density at radius 1 is 0.750 bits per heavy atom. The van der Waals surface area contributed by atoms with Crippen LogP contribution in [-0.4, -0.2) is 56.0 Å². The van der Waals surface area contributed by atoms with Crippen molar-refractivity contribution in [3.63, 3.8) is 0 Å². The molecule has 0 saturated heterocycles. The first-order valence-corrected chi connectivity index (χ1v) is 9.38. The summed E-state index contributed by atoms with van der Waals surface area (Å²) in [6.07, 6.45) is 2.40. The quantitative estimate of drug-likeness (QED) is 0.187. The second kappa shape index (κ2) is 16.6. The van der Waals surface area contributed by atoms with E-state index in [1.54, 1.807) is 13.8 Å². The molecule has 1 unspecified atom stereocenters. The molecule has 1 atom stereocenters. The summed E-state index contributed by atoms with van der Waals surface area (Å²) >= 11 is 0. The van der Waals surface area contributed by atoms with E-state index >= 15 is 0 Å². The van der Waals surface area contributed by atoms with Crippen LogP contribution in [0.2, 0.25) is 0 Å². The maximum atomic E-state index is 12.1. The van der Waals surface area contributed by atoms with E-state index in [9.17, 15) is 19.2 Å². The fourth-order valence-corrected chi connectivity index (χ4v) is 2.21. The van der Waals surface area contributed by atoms with E-state index in [1.165, 1.54) is 0 Å². The smallest absolute Gasteiger partial charge is 0.481 e. The van der Waals surface area contributed by atoms with Crippen molar-refractivity contribution >= 4 is 24.2 Å². The molecule has 28 heavy (non-hydrogen) atoms. The third-order valence-corrected chi connectivity index (χ3v) is 3.58. The predicted octanol–water partition coefficient (Wildman–Crippen LogP) is 3.26. The molecule has 0 amide bonds. The fourth-order valence-electron chi connectivity index (χ4n) is 2.21. The minimum atomic E-state index is -0.948. The number of rotatable bonds is 15. The summed E-state index contributed by atoms with van der Waals surface area (Å²) < 4.78 is 23.5. The molecule has 0 radical (unpaired) electrons. The summed E-state index contributed by atoms with van der Waals surface area (Å²) in [7, 11) is 0. The van der Waals surface area contributed by atoms with Gasteiger partial charge in [-0.25, -0.2) is 9.59 Å². The standard InChI is InChI=1S/C18H30O10/c1-3-24-17(22)26-12-14(10-8-6-5-7-9-11-15(19)20)16(21)27-13-28-18(23)25-4-2/h14H,3-13H2,1-2H3,(H,19,20). The molecule has 0 spiro atoms. The van der Waals surface area contributed by atoms with Crippen molar-refractivity contribution in [3.05, 3.63) is 0 Å². The van der Waals surface area contributed by atoms with Gasteiger partial charge in [0, 0.05) is 6.42 Å². The van der Waals surface area contributed by atoms with Gasteiger partial charge in [0.2, 0.25) is 6.79 Å². The molecule has 0 bridgehead atoms. The summed E-state index contributed by atoms with van der Waals surface area (Å²) in [5, 5.41) is 8.58. The Hall–Kier alpha value is -2.52. The van der Waals surface area contributed by atoms with Gasteiger partial charge in [-0.05, 0) is 26.7 Å². The number of carboxylic acids is 1. The van der Waals surface area contributed by atoms with Crippen molar-refractivity contribution in [1.29, 1.82) is 0 Å². The molecule has 0 aliphatic carbocycles. The number of esters is 1. The molecule has 0 aliphatic heterocycles. The summed E-state index contributed by atoms with van der Waals surface area (Å²) in [4.78, 5) is 45.0. The van der Waals surface area contributed by atoms with Crippen LogP contribution in [-0.2, 0) is 33.3 Å². The Morgan fingerprint density at radius 3 is 1.93 bits per heavy atom. The Labute approximate surface area is 164 Å². The van der Waals surface area contributed by atoms with Crippen LogP contribution in [0.1, 0.15) is 58.8 Å². The van der Waals surface area contributed by atoms with E-state index in [0.29, 0.717) is 19.3 Å². The van der Waals surface area contributed by atoms with Gasteiger partial charge >= 0.3 is 24.2 Å². The molecule has 1 N–H and O–H groups in total. The van der Waals surface area contributed by atoms with Crippen molar-refractivity contribution in [2.45, 2.75) is 58.8 Å². The van der Waals surface area contributed by atoms with E-state index in [1.807, 2.05) is 0 Å². The van der Waals surface area contributed by atoms with Gasteiger partial charge < -0.3 is 28.8 Å². The lowest BCUT2D eigenvalue weighted by Gasteiger charge is -2.16. The number of hydrogen-bond donors (Lipinski definition) is 1. The molecule has 0 aromatic rings. The van der Waals surface area contributed by atoms with Gasteiger partial charge in [0.05, 0.1) is 19.1 Å². The maximum absolute atomic E-state index is 12.1. The zero-order valence-corrected chi connectivity index (χ0v) is 16.5. The first kappa shape index (κ1) is 25.5. The van der Waals surface area contributed by atoms with Crippen LogP contribution in [0.5, 0.6) is 0 Å². The number of carbonyl (C=O) groups excluding carboxylic acids is 3. The number of ether oxygens (including phenoxy) is 5. The second-order valence-electron chi connectivity index (χ2n) is 5.80. The number of carboxylic acid groups (broad SMARTS) is 1. The van der Waals surface area contributed by atoms with Crippen LogP contribution >= 0.6 is 0 Å². The second-order valence-corrected chi connectivity index (χ2v) is 5.80. The molecular weight excluding hydrogens is 376 g/mol. The highest BCUT2D eigenvalue weighted by atomic mass is 16.8. The number of carbonyl (C=O) groups is 4. The lowest BCUT2D eigenvalue weighted by molar-refractivity contribution is -0.160. The van der Waals surface area contributed by atoms with E-state index in [-0.39, 0.29) is 26.2 Å². The molecule has 10 nitrogen and oxygen atoms in total. The van der Waals surface area contributed by atoms with Crippen molar-refractivity contribution < 1.29 is 48.0 Å². The van der Waals surface area contributed by atoms with Crippen LogP contribution in [0.15, 0.2) is 0 Å². The Morgan fingerprint density at radius 2 is 1.32 bits per heavy atom. The molecule has 10 heteroatoms. The number of hydrogen-bond acceptors (Lipinski definition) is 9. The van der Waals surface area contributed by atoms with E-state index in [0.717, 1.165) is 19.3 Å².